The van der Waals surface area contributed by atoms with E-state index in [1.54, 1.807) is 0 Å². The molecule has 0 aromatic heterocycles. The van der Waals surface area contributed by atoms with Crippen LogP contribution in [0.15, 0.2) is 18.2 Å². The van der Waals surface area contributed by atoms with Crippen LogP contribution in [-0.2, 0) is 0 Å². The first kappa shape index (κ1) is 12.5. The van der Waals surface area contributed by atoms with Gasteiger partial charge in [0.2, 0.25) is 0 Å². The van der Waals surface area contributed by atoms with Crippen molar-refractivity contribution in [3.05, 3.63) is 28.3 Å². The van der Waals surface area contributed by atoms with Gasteiger partial charge in [0, 0.05) is 30.8 Å². The molecule has 0 atom stereocenters. The van der Waals surface area contributed by atoms with Gasteiger partial charge in [-0.2, -0.15) is 0 Å². The number of hydrogen-bond donors (Lipinski definition) is 1. The van der Waals surface area contributed by atoms with E-state index >= 15 is 0 Å². The number of phenols is 1. The molecule has 18 heavy (non-hydrogen) atoms. The van der Waals surface area contributed by atoms with Gasteiger partial charge in [-0.3, -0.25) is 10.1 Å². The number of hydrogen-bond acceptors (Lipinski definition) is 4. The van der Waals surface area contributed by atoms with Gasteiger partial charge >= 0.3 is 5.69 Å². The quantitative estimate of drug-likeness (QED) is 0.654. The Morgan fingerprint density at radius 2 is 2.17 bits per heavy atom. The Hall–Kier alpha value is -1.92. The lowest BCUT2D eigenvalue weighted by molar-refractivity contribution is -0.385. The number of halogens is 2. The lowest BCUT2D eigenvalue weighted by Gasteiger charge is -2.34. The number of aromatic hydroxyl groups is 1. The largest absolute Gasteiger partial charge is 0.502 e. The minimum Gasteiger partial charge on any atom is -0.502 e. The second-order valence-corrected chi connectivity index (χ2v) is 4.31. The Bertz CT molecular complexity index is 479. The molecule has 1 aromatic rings. The van der Waals surface area contributed by atoms with E-state index in [2.05, 4.69) is 0 Å². The molecule has 98 valence electrons. The van der Waals surface area contributed by atoms with E-state index in [0.29, 0.717) is 18.7 Å². The van der Waals surface area contributed by atoms with Crippen molar-refractivity contribution in [1.29, 1.82) is 0 Å². The van der Waals surface area contributed by atoms with Gasteiger partial charge in [-0.25, -0.2) is 8.78 Å². The minimum atomic E-state index is -2.75. The maximum absolute atomic E-state index is 13.2. The minimum absolute atomic E-state index is 0.150. The molecule has 1 saturated heterocycles. The summed E-state index contributed by atoms with van der Waals surface area (Å²) in [5.41, 5.74) is -0.0556. The molecule has 1 aliphatic heterocycles. The third-order valence-electron chi connectivity index (χ3n) is 2.91. The molecule has 0 spiro atoms. The van der Waals surface area contributed by atoms with Crippen LogP contribution in [0, 0.1) is 10.1 Å². The lowest BCUT2D eigenvalue weighted by atomic mass is 10.1. The van der Waals surface area contributed by atoms with Gasteiger partial charge in [0.25, 0.3) is 5.92 Å². The second-order valence-electron chi connectivity index (χ2n) is 4.31. The van der Waals surface area contributed by atoms with Crippen molar-refractivity contribution in [2.24, 2.45) is 0 Å². The first-order valence-corrected chi connectivity index (χ1v) is 5.49. The number of nitro groups is 1. The molecule has 7 heteroatoms. The average molecular weight is 258 g/mol. The number of phenolic OH excluding ortho intramolecular Hbond substituents is 1. The Labute approximate surface area is 102 Å². The SMILES string of the molecule is O=[N+]([O-])c1ccc(N2CCCC(F)(F)C2)cc1O. The van der Waals surface area contributed by atoms with Crippen molar-refractivity contribution >= 4 is 11.4 Å². The van der Waals surface area contributed by atoms with Gasteiger partial charge in [-0.15, -0.1) is 0 Å². The molecule has 0 aliphatic carbocycles. The fourth-order valence-corrected chi connectivity index (χ4v) is 2.05. The molecule has 2 rings (SSSR count). The van der Waals surface area contributed by atoms with Crippen molar-refractivity contribution in [2.45, 2.75) is 18.8 Å². The molecule has 1 aromatic carbocycles. The van der Waals surface area contributed by atoms with Crippen LogP contribution in [0.25, 0.3) is 0 Å². The van der Waals surface area contributed by atoms with Gasteiger partial charge in [0.15, 0.2) is 5.75 Å². The third kappa shape index (κ3) is 2.49. The first-order valence-electron chi connectivity index (χ1n) is 5.49. The highest BCUT2D eigenvalue weighted by atomic mass is 19.3. The van der Waals surface area contributed by atoms with Crippen LogP contribution in [-0.4, -0.2) is 29.0 Å². The van der Waals surface area contributed by atoms with Crippen molar-refractivity contribution in [2.75, 3.05) is 18.0 Å². The number of rotatable bonds is 2. The average Bonchev–Trinajstić information content (AvgIpc) is 2.27. The van der Waals surface area contributed by atoms with Gasteiger partial charge in [-0.1, -0.05) is 0 Å². The van der Waals surface area contributed by atoms with Gasteiger partial charge in [0.1, 0.15) is 0 Å². The normalized spacial score (nSPS) is 18.7. The van der Waals surface area contributed by atoms with Crippen LogP contribution in [0.4, 0.5) is 20.2 Å². The molecule has 1 aliphatic rings. The Kier molecular flexibility index (Phi) is 3.06. The first-order chi connectivity index (χ1) is 8.39. The number of nitro benzene ring substituents is 1. The van der Waals surface area contributed by atoms with Crippen LogP contribution < -0.4 is 4.90 Å². The summed E-state index contributed by atoms with van der Waals surface area (Å²) < 4.78 is 26.5. The van der Waals surface area contributed by atoms with Gasteiger partial charge in [-0.05, 0) is 12.5 Å². The molecule has 5 nitrogen and oxygen atoms in total. The fraction of sp³-hybridized carbons (Fsp3) is 0.455. The summed E-state index contributed by atoms with van der Waals surface area (Å²) in [4.78, 5) is 11.2. The summed E-state index contributed by atoms with van der Waals surface area (Å²) in [5.74, 6) is -3.26. The monoisotopic (exact) mass is 258 g/mol. The molecular formula is C11H12F2N2O3. The van der Waals surface area contributed by atoms with Gasteiger partial charge in [0.05, 0.1) is 11.5 Å². The van der Waals surface area contributed by atoms with Crippen molar-refractivity contribution < 1.29 is 18.8 Å². The highest BCUT2D eigenvalue weighted by Crippen LogP contribution is 2.34. The Balaban J connectivity index is 2.24. The molecule has 0 unspecified atom stereocenters. The van der Waals surface area contributed by atoms with Crippen LogP contribution in [0.2, 0.25) is 0 Å². The number of benzene rings is 1. The van der Waals surface area contributed by atoms with Crippen LogP contribution in [0.1, 0.15) is 12.8 Å². The highest BCUT2D eigenvalue weighted by molar-refractivity contribution is 5.58. The smallest absolute Gasteiger partial charge is 0.310 e. The van der Waals surface area contributed by atoms with E-state index in [0.717, 1.165) is 12.1 Å². The van der Waals surface area contributed by atoms with Crippen molar-refractivity contribution in [3.63, 3.8) is 0 Å². The summed E-state index contributed by atoms with van der Waals surface area (Å²) >= 11 is 0. The summed E-state index contributed by atoms with van der Waals surface area (Å²) in [6.45, 7) is 0.0249. The maximum atomic E-state index is 13.2. The number of alkyl halides is 2. The van der Waals surface area contributed by atoms with Crippen molar-refractivity contribution in [1.82, 2.24) is 0 Å². The summed E-state index contributed by atoms with van der Waals surface area (Å²) in [6, 6.07) is 3.65. The predicted octanol–water partition coefficient (Wildman–Crippen LogP) is 2.54. The number of anilines is 1. The van der Waals surface area contributed by atoms with E-state index in [9.17, 15) is 24.0 Å². The molecule has 0 radical (unpaired) electrons. The standard InChI is InChI=1S/C11H12F2N2O3/c12-11(13)4-1-5-14(7-11)8-2-3-9(15(17)18)10(16)6-8/h2-3,6,16H,1,4-5,7H2. The molecular weight excluding hydrogens is 246 g/mol. The maximum Gasteiger partial charge on any atom is 0.310 e. The van der Waals surface area contributed by atoms with E-state index in [4.69, 9.17) is 0 Å². The lowest BCUT2D eigenvalue weighted by Crippen LogP contribution is -2.42. The van der Waals surface area contributed by atoms with Crippen LogP contribution >= 0.6 is 0 Å². The highest BCUT2D eigenvalue weighted by Gasteiger charge is 2.35. The van der Waals surface area contributed by atoms with Gasteiger partial charge < -0.3 is 10.0 Å². The third-order valence-corrected chi connectivity index (χ3v) is 2.91. The fourth-order valence-electron chi connectivity index (χ4n) is 2.05. The number of piperidine rings is 1. The van der Waals surface area contributed by atoms with E-state index in [1.165, 1.54) is 11.0 Å². The van der Waals surface area contributed by atoms with E-state index < -0.39 is 28.8 Å². The summed E-state index contributed by atoms with van der Waals surface area (Å²) in [7, 11) is 0. The van der Waals surface area contributed by atoms with Crippen LogP contribution in [0.5, 0.6) is 5.75 Å². The molecule has 1 fully saturated rings. The zero-order chi connectivity index (χ0) is 13.3. The molecule has 0 bridgehead atoms. The Morgan fingerprint density at radius 1 is 1.44 bits per heavy atom. The molecule has 1 N–H and O–H groups in total. The number of nitrogens with zero attached hydrogens (tertiary/aromatic N) is 2. The summed E-state index contributed by atoms with van der Waals surface area (Å²) in [5, 5.41) is 20.0. The second kappa shape index (κ2) is 4.40. The van der Waals surface area contributed by atoms with E-state index in [1.807, 2.05) is 0 Å². The molecule has 1 heterocycles. The van der Waals surface area contributed by atoms with Crippen molar-refractivity contribution in [3.8, 4) is 5.75 Å². The van der Waals surface area contributed by atoms with E-state index in [-0.39, 0.29) is 6.42 Å². The molecule has 0 saturated carbocycles. The van der Waals surface area contributed by atoms with Crippen LogP contribution in [0.3, 0.4) is 0 Å². The predicted molar refractivity (Wildman–Crippen MR) is 61.2 cm³/mol. The zero-order valence-electron chi connectivity index (χ0n) is 9.47. The topological polar surface area (TPSA) is 66.6 Å². The zero-order valence-corrected chi connectivity index (χ0v) is 9.47. The summed E-state index contributed by atoms with van der Waals surface area (Å²) in [6.07, 6.45) is 0.202. The Morgan fingerprint density at radius 3 is 2.72 bits per heavy atom. The molecule has 0 amide bonds.